The maximum Gasteiger partial charge on any atom is 0.190 e. The van der Waals surface area contributed by atoms with Crippen LogP contribution in [0.3, 0.4) is 0 Å². The zero-order valence-electron chi connectivity index (χ0n) is 11.1. The van der Waals surface area contributed by atoms with Crippen molar-refractivity contribution in [2.24, 2.45) is 0 Å². The van der Waals surface area contributed by atoms with Crippen molar-refractivity contribution in [2.75, 3.05) is 20.7 Å². The van der Waals surface area contributed by atoms with Crippen molar-refractivity contribution < 1.29 is 31.0 Å². The van der Waals surface area contributed by atoms with E-state index in [9.17, 15) is 4.79 Å². The van der Waals surface area contributed by atoms with Gasteiger partial charge in [0, 0.05) is 18.6 Å². The summed E-state index contributed by atoms with van der Waals surface area (Å²) in [5.74, 6) is 1.72. The number of ether oxygens (including phenoxy) is 1. The molecule has 1 atom stereocenters. The maximum atomic E-state index is 10.1. The number of benzene rings is 1. The predicted octanol–water partition coefficient (Wildman–Crippen LogP) is -0.983. The van der Waals surface area contributed by atoms with E-state index in [1.54, 1.807) is 5.94 Å². The van der Waals surface area contributed by atoms with E-state index >= 15 is 0 Å². The zero-order chi connectivity index (χ0) is 12.7. The highest BCUT2D eigenvalue weighted by Gasteiger charge is 2.24. The molecule has 1 unspecified atom stereocenters. The number of hydrogen-bond donors (Lipinski definition) is 0. The van der Waals surface area contributed by atoms with Gasteiger partial charge >= 0.3 is 0 Å². The number of quaternary nitrogens is 1. The molecule has 0 aromatic heterocycles. The third-order valence-corrected chi connectivity index (χ3v) is 2.92. The van der Waals surface area contributed by atoms with Gasteiger partial charge in [-0.2, -0.15) is 0 Å². The first-order chi connectivity index (χ1) is 8.06. The topological polar surface area (TPSA) is 26.3 Å². The monoisotopic (exact) mass is 313 g/mol. The molecule has 0 saturated carbocycles. The van der Waals surface area contributed by atoms with E-state index in [0.717, 1.165) is 11.0 Å². The summed E-state index contributed by atoms with van der Waals surface area (Å²) in [6.07, 6.45) is 1.39. The summed E-state index contributed by atoms with van der Waals surface area (Å²) < 4.78 is 6.29. The summed E-state index contributed by atoms with van der Waals surface area (Å²) in [5, 5.41) is 0. The van der Waals surface area contributed by atoms with Gasteiger partial charge in [-0.15, -0.1) is 0 Å². The molecule has 0 fully saturated rings. The van der Waals surface area contributed by atoms with Crippen LogP contribution in [0, 0.1) is 0 Å². The lowest BCUT2D eigenvalue weighted by atomic mass is 10.2. The van der Waals surface area contributed by atoms with Gasteiger partial charge in [-0.3, -0.25) is 4.48 Å². The maximum absolute atomic E-state index is 10.1. The van der Waals surface area contributed by atoms with Gasteiger partial charge in [-0.05, 0) is 0 Å². The van der Waals surface area contributed by atoms with Crippen LogP contribution < -0.4 is 17.0 Å². The minimum atomic E-state index is 0. The SMILES string of the molecule is CC(OCC=C=O)[N+](C)(C)Cc1ccccc1.[Br-]. The Kier molecular flexibility index (Phi) is 7.80. The highest BCUT2D eigenvalue weighted by molar-refractivity contribution is 5.44. The fourth-order valence-electron chi connectivity index (χ4n) is 1.61. The highest BCUT2D eigenvalue weighted by atomic mass is 79.9. The molecule has 0 aliphatic rings. The van der Waals surface area contributed by atoms with Crippen molar-refractivity contribution in [3.05, 3.63) is 42.0 Å². The average molecular weight is 314 g/mol. The zero-order valence-corrected chi connectivity index (χ0v) is 12.7. The molecule has 0 bridgehead atoms. The lowest BCUT2D eigenvalue weighted by Gasteiger charge is -2.35. The molecule has 18 heavy (non-hydrogen) atoms. The minimum absolute atomic E-state index is 0. The summed E-state index contributed by atoms with van der Waals surface area (Å²) in [7, 11) is 4.23. The van der Waals surface area contributed by atoms with Gasteiger partial charge < -0.3 is 21.7 Å². The van der Waals surface area contributed by atoms with Crippen LogP contribution in [0.1, 0.15) is 12.5 Å². The quantitative estimate of drug-likeness (QED) is 0.383. The Morgan fingerprint density at radius 2 is 1.94 bits per heavy atom. The number of carbonyl (C=O) groups excluding carboxylic acids is 1. The Hall–Kier alpha value is -0.930. The van der Waals surface area contributed by atoms with Crippen LogP contribution in [-0.4, -0.2) is 37.4 Å². The molecule has 0 N–H and O–H groups in total. The van der Waals surface area contributed by atoms with E-state index in [-0.39, 0.29) is 23.2 Å². The largest absolute Gasteiger partial charge is 1.00 e. The second-order valence-corrected chi connectivity index (χ2v) is 4.68. The summed E-state index contributed by atoms with van der Waals surface area (Å²) >= 11 is 0. The van der Waals surface area contributed by atoms with E-state index in [2.05, 4.69) is 26.2 Å². The molecule has 3 nitrogen and oxygen atoms in total. The molecule has 4 heteroatoms. The van der Waals surface area contributed by atoms with Gasteiger partial charge in [0.05, 0.1) is 20.7 Å². The fraction of sp³-hybridized carbons (Fsp3) is 0.429. The summed E-state index contributed by atoms with van der Waals surface area (Å²) in [5.41, 5.74) is 1.28. The minimum Gasteiger partial charge on any atom is -1.00 e. The molecule has 0 heterocycles. The van der Waals surface area contributed by atoms with Crippen LogP contribution in [0.2, 0.25) is 0 Å². The van der Waals surface area contributed by atoms with Crippen LogP contribution >= 0.6 is 0 Å². The lowest BCUT2D eigenvalue weighted by molar-refractivity contribution is -0.947. The molecular formula is C14H20BrNO2. The standard InChI is InChI=1S/C14H20NO2.BrH/c1-13(17-11-7-10-16)15(2,3)12-14-8-5-4-6-9-14;/h4-9,13H,11-12H2,1-3H3;1H/q+1;/p-1. The molecule has 0 aliphatic heterocycles. The van der Waals surface area contributed by atoms with Gasteiger partial charge in [0.1, 0.15) is 12.5 Å². The molecule has 1 rings (SSSR count). The van der Waals surface area contributed by atoms with E-state index < -0.39 is 0 Å². The van der Waals surface area contributed by atoms with Crippen LogP contribution in [0.5, 0.6) is 0 Å². The Morgan fingerprint density at radius 1 is 1.33 bits per heavy atom. The van der Waals surface area contributed by atoms with Crippen LogP contribution in [-0.2, 0) is 16.1 Å². The van der Waals surface area contributed by atoms with Gasteiger partial charge in [-0.25, -0.2) is 4.79 Å². The molecule has 0 saturated heterocycles. The first kappa shape index (κ1) is 17.1. The van der Waals surface area contributed by atoms with E-state index in [0.29, 0.717) is 6.61 Å². The summed E-state index contributed by atoms with van der Waals surface area (Å²) in [6, 6.07) is 10.3. The van der Waals surface area contributed by atoms with Gasteiger partial charge in [0.25, 0.3) is 0 Å². The van der Waals surface area contributed by atoms with E-state index in [1.807, 2.05) is 25.1 Å². The summed E-state index contributed by atoms with van der Waals surface area (Å²) in [4.78, 5) is 10.1. The first-order valence-corrected chi connectivity index (χ1v) is 5.74. The molecule has 0 radical (unpaired) electrons. The van der Waals surface area contributed by atoms with E-state index in [4.69, 9.17) is 4.74 Å². The Labute approximate surface area is 119 Å². The van der Waals surface area contributed by atoms with Crippen molar-refractivity contribution in [3.8, 4) is 0 Å². The molecular weight excluding hydrogens is 294 g/mol. The second-order valence-electron chi connectivity index (χ2n) is 4.68. The third-order valence-electron chi connectivity index (χ3n) is 2.92. The average Bonchev–Trinajstić information content (AvgIpc) is 2.30. The van der Waals surface area contributed by atoms with Crippen LogP contribution in [0.25, 0.3) is 0 Å². The Balaban J connectivity index is 0.00000289. The molecule has 0 amide bonds. The Bertz CT molecular complexity index is 386. The number of halogens is 1. The van der Waals surface area contributed by atoms with Crippen molar-refractivity contribution >= 4 is 5.94 Å². The van der Waals surface area contributed by atoms with Crippen molar-refractivity contribution in [3.63, 3.8) is 0 Å². The molecule has 100 valence electrons. The lowest BCUT2D eigenvalue weighted by Crippen LogP contribution is -3.00. The van der Waals surface area contributed by atoms with Crippen molar-refractivity contribution in [2.45, 2.75) is 19.7 Å². The first-order valence-electron chi connectivity index (χ1n) is 5.74. The fourth-order valence-corrected chi connectivity index (χ4v) is 1.61. The number of rotatable bonds is 6. The van der Waals surface area contributed by atoms with Crippen LogP contribution in [0.4, 0.5) is 0 Å². The van der Waals surface area contributed by atoms with Crippen LogP contribution in [0.15, 0.2) is 36.4 Å². The molecule has 0 spiro atoms. The smallest absolute Gasteiger partial charge is 0.190 e. The predicted molar refractivity (Wildman–Crippen MR) is 67.9 cm³/mol. The molecule has 1 aromatic rings. The van der Waals surface area contributed by atoms with Gasteiger partial charge in [0.15, 0.2) is 6.23 Å². The second kappa shape index (κ2) is 8.22. The van der Waals surface area contributed by atoms with Crippen molar-refractivity contribution in [1.29, 1.82) is 0 Å². The molecule has 1 aromatic carbocycles. The number of nitrogens with zero attached hydrogens (tertiary/aromatic N) is 1. The highest BCUT2D eigenvalue weighted by Crippen LogP contribution is 2.14. The number of hydrogen-bond acceptors (Lipinski definition) is 2. The van der Waals surface area contributed by atoms with Crippen molar-refractivity contribution in [1.82, 2.24) is 0 Å². The third kappa shape index (κ3) is 5.61. The van der Waals surface area contributed by atoms with Gasteiger partial charge in [-0.1, -0.05) is 30.3 Å². The van der Waals surface area contributed by atoms with Gasteiger partial charge in [0.2, 0.25) is 0 Å². The van der Waals surface area contributed by atoms with E-state index in [1.165, 1.54) is 11.6 Å². The molecule has 0 aliphatic carbocycles. The summed E-state index contributed by atoms with van der Waals surface area (Å²) in [6.45, 7) is 3.23. The Morgan fingerprint density at radius 3 is 2.50 bits per heavy atom. The normalized spacial score (nSPS) is 12.2.